The lowest BCUT2D eigenvalue weighted by molar-refractivity contribution is -0.138. The molecule has 3 heterocycles. The summed E-state index contributed by atoms with van der Waals surface area (Å²) < 4.78 is 43.2. The topological polar surface area (TPSA) is 84.6 Å². The number of thiophene rings is 1. The van der Waals surface area contributed by atoms with Crippen LogP contribution in [0, 0.1) is 6.92 Å². The Kier molecular flexibility index (Phi) is 7.55. The first kappa shape index (κ1) is 27.6. The van der Waals surface area contributed by atoms with Crippen molar-refractivity contribution < 1.29 is 22.8 Å². The molecule has 1 aromatic carbocycles. The van der Waals surface area contributed by atoms with Gasteiger partial charge in [-0.3, -0.25) is 19.0 Å². The zero-order chi connectivity index (χ0) is 27.9. The molecule has 0 saturated carbocycles. The number of aromatic nitrogens is 2. The van der Waals surface area contributed by atoms with Gasteiger partial charge in [0.25, 0.3) is 11.5 Å². The van der Waals surface area contributed by atoms with Crippen molar-refractivity contribution in [3.8, 4) is 5.69 Å². The van der Waals surface area contributed by atoms with Crippen LogP contribution in [0.15, 0.2) is 33.9 Å². The molecule has 0 radical (unpaired) electrons. The molecule has 1 aliphatic heterocycles. The summed E-state index contributed by atoms with van der Waals surface area (Å²) in [6.07, 6.45) is -1.50. The van der Waals surface area contributed by atoms with Gasteiger partial charge in [-0.15, -0.1) is 11.3 Å². The monoisotopic (exact) mass is 550 g/mol. The maximum Gasteiger partial charge on any atom is 0.418 e. The van der Waals surface area contributed by atoms with Crippen LogP contribution in [-0.4, -0.2) is 57.4 Å². The van der Waals surface area contributed by atoms with Gasteiger partial charge in [0.05, 0.1) is 21.5 Å². The number of carbonyl (C=O) groups excluding carboxylic acids is 2. The molecule has 0 bridgehead atoms. The fourth-order valence-corrected chi connectivity index (χ4v) is 6.31. The molecule has 12 heteroatoms. The Morgan fingerprint density at radius 1 is 1.13 bits per heavy atom. The van der Waals surface area contributed by atoms with Crippen molar-refractivity contribution in [2.75, 3.05) is 20.6 Å². The molecule has 0 aliphatic carbocycles. The molecule has 1 aliphatic rings. The van der Waals surface area contributed by atoms with Crippen molar-refractivity contribution in [2.24, 2.45) is 0 Å². The predicted molar refractivity (Wildman–Crippen MR) is 139 cm³/mol. The Bertz CT molecular complexity index is 1520. The molecule has 8 nitrogen and oxygen atoms in total. The summed E-state index contributed by atoms with van der Waals surface area (Å²) in [6.45, 7) is 3.54. The molecular weight excluding hydrogens is 521 g/mol. The third kappa shape index (κ3) is 4.77. The van der Waals surface area contributed by atoms with Gasteiger partial charge in [-0.1, -0.05) is 19.1 Å². The third-order valence-corrected chi connectivity index (χ3v) is 8.28. The molecule has 1 saturated heterocycles. The minimum absolute atomic E-state index is 0.00439. The predicted octanol–water partition coefficient (Wildman–Crippen LogP) is 4.03. The number of fused-ring (bicyclic) bond motifs is 1. The van der Waals surface area contributed by atoms with Crippen LogP contribution < -0.4 is 11.2 Å². The first-order valence-corrected chi connectivity index (χ1v) is 13.2. The Hall–Kier alpha value is -3.41. The van der Waals surface area contributed by atoms with Crippen LogP contribution in [0.1, 0.15) is 53.4 Å². The highest BCUT2D eigenvalue weighted by Crippen LogP contribution is 2.34. The van der Waals surface area contributed by atoms with Crippen molar-refractivity contribution in [2.45, 2.75) is 58.3 Å². The maximum atomic E-state index is 13.9. The van der Waals surface area contributed by atoms with E-state index in [0.29, 0.717) is 11.1 Å². The fourth-order valence-electron chi connectivity index (χ4n) is 4.99. The molecule has 0 spiro atoms. The first-order valence-electron chi connectivity index (χ1n) is 12.3. The van der Waals surface area contributed by atoms with Crippen molar-refractivity contribution >= 4 is 33.4 Å². The summed E-state index contributed by atoms with van der Waals surface area (Å²) in [5.74, 6) is -0.779. The SMILES string of the molecule is CCC1CCCCN1C(=O)Cn1c(=O)n(-c2ccccc2C(F)(F)F)c(=O)c2c(C)c(C(=O)N(C)C)sc21. The number of para-hydroxylation sites is 1. The van der Waals surface area contributed by atoms with Crippen LogP contribution in [0.5, 0.6) is 0 Å². The summed E-state index contributed by atoms with van der Waals surface area (Å²) >= 11 is 0.890. The van der Waals surface area contributed by atoms with Crippen LogP contribution in [0.3, 0.4) is 0 Å². The van der Waals surface area contributed by atoms with E-state index in [0.717, 1.165) is 53.7 Å². The number of alkyl halides is 3. The number of carbonyl (C=O) groups is 2. The van der Waals surface area contributed by atoms with E-state index in [4.69, 9.17) is 0 Å². The van der Waals surface area contributed by atoms with Crippen LogP contribution in [0.25, 0.3) is 15.9 Å². The normalized spacial score (nSPS) is 16.2. The van der Waals surface area contributed by atoms with Crippen LogP contribution in [0.2, 0.25) is 0 Å². The van der Waals surface area contributed by atoms with E-state index in [1.807, 2.05) is 6.92 Å². The quantitative estimate of drug-likeness (QED) is 0.480. The van der Waals surface area contributed by atoms with Gasteiger partial charge in [-0.05, 0) is 50.3 Å². The van der Waals surface area contributed by atoms with Crippen LogP contribution in [-0.2, 0) is 17.5 Å². The number of rotatable bonds is 5. The highest BCUT2D eigenvalue weighted by atomic mass is 32.1. The lowest BCUT2D eigenvalue weighted by Gasteiger charge is -2.35. The highest BCUT2D eigenvalue weighted by molar-refractivity contribution is 7.20. The van der Waals surface area contributed by atoms with E-state index in [2.05, 4.69) is 0 Å². The van der Waals surface area contributed by atoms with Gasteiger partial charge in [-0.25, -0.2) is 9.36 Å². The smallest absolute Gasteiger partial charge is 0.344 e. The second-order valence-corrected chi connectivity index (χ2v) is 10.6. The van der Waals surface area contributed by atoms with Gasteiger partial charge >= 0.3 is 11.9 Å². The molecule has 1 unspecified atom stereocenters. The molecule has 2 aromatic heterocycles. The Balaban J connectivity index is 2.02. The Morgan fingerprint density at radius 2 is 1.82 bits per heavy atom. The number of aryl methyl sites for hydroxylation is 1. The van der Waals surface area contributed by atoms with Crippen LogP contribution in [0.4, 0.5) is 13.2 Å². The Labute approximate surface area is 220 Å². The van der Waals surface area contributed by atoms with Crippen molar-refractivity contribution in [3.63, 3.8) is 0 Å². The number of nitrogens with zero attached hydrogens (tertiary/aromatic N) is 4. The standard InChI is InChI=1S/C26H29F3N4O4S/c1-5-16-10-8-9-13-31(16)19(34)14-32-24-20(15(2)21(38-24)23(36)30(3)4)22(35)33(25(32)37)18-12-7-6-11-17(18)26(27,28)29/h6-7,11-12,16H,5,8-10,13-14H2,1-4H3. The molecule has 1 fully saturated rings. The van der Waals surface area contributed by atoms with E-state index in [1.54, 1.807) is 4.90 Å². The van der Waals surface area contributed by atoms with Gasteiger partial charge in [0.2, 0.25) is 5.91 Å². The van der Waals surface area contributed by atoms with Gasteiger partial charge in [0, 0.05) is 26.7 Å². The van der Waals surface area contributed by atoms with Gasteiger partial charge < -0.3 is 9.80 Å². The second-order valence-electron chi connectivity index (χ2n) is 9.61. The number of likely N-dealkylation sites (tertiary alicyclic amines) is 1. The number of benzene rings is 1. The number of amides is 2. The van der Waals surface area contributed by atoms with E-state index < -0.39 is 41.1 Å². The molecule has 0 N–H and O–H groups in total. The summed E-state index contributed by atoms with van der Waals surface area (Å²) in [5.41, 5.74) is -3.58. The van der Waals surface area contributed by atoms with E-state index in [-0.39, 0.29) is 32.6 Å². The average molecular weight is 551 g/mol. The molecule has 38 heavy (non-hydrogen) atoms. The zero-order valence-corrected chi connectivity index (χ0v) is 22.4. The second kappa shape index (κ2) is 10.4. The van der Waals surface area contributed by atoms with E-state index >= 15 is 0 Å². The van der Waals surface area contributed by atoms with Crippen molar-refractivity contribution in [3.05, 3.63) is 61.1 Å². The minimum atomic E-state index is -4.84. The number of hydrogen-bond donors (Lipinski definition) is 0. The number of hydrogen-bond acceptors (Lipinski definition) is 5. The van der Waals surface area contributed by atoms with Gasteiger partial charge in [-0.2, -0.15) is 13.2 Å². The molecule has 204 valence electrons. The summed E-state index contributed by atoms with van der Waals surface area (Å²) in [6, 6.07) is 4.31. The summed E-state index contributed by atoms with van der Waals surface area (Å²) in [7, 11) is 3.06. The maximum absolute atomic E-state index is 13.9. The average Bonchev–Trinajstić information content (AvgIpc) is 3.22. The Morgan fingerprint density at radius 3 is 2.45 bits per heavy atom. The molecule has 2 amide bonds. The molecule has 1 atom stereocenters. The zero-order valence-electron chi connectivity index (χ0n) is 21.6. The molecule has 3 aromatic rings. The number of piperidine rings is 1. The van der Waals surface area contributed by atoms with Crippen molar-refractivity contribution in [1.82, 2.24) is 18.9 Å². The first-order chi connectivity index (χ1) is 17.9. The minimum Gasteiger partial charge on any atom is -0.344 e. The summed E-state index contributed by atoms with van der Waals surface area (Å²) in [4.78, 5) is 57.0. The lowest BCUT2D eigenvalue weighted by Crippen LogP contribution is -2.47. The van der Waals surface area contributed by atoms with Crippen LogP contribution >= 0.6 is 11.3 Å². The highest BCUT2D eigenvalue weighted by Gasteiger charge is 2.36. The van der Waals surface area contributed by atoms with Gasteiger partial charge in [0.1, 0.15) is 11.4 Å². The largest absolute Gasteiger partial charge is 0.418 e. The van der Waals surface area contributed by atoms with Crippen molar-refractivity contribution in [1.29, 1.82) is 0 Å². The lowest BCUT2D eigenvalue weighted by atomic mass is 10.00. The molecule has 4 rings (SSSR count). The fraction of sp³-hybridized carbons (Fsp3) is 0.462. The van der Waals surface area contributed by atoms with E-state index in [9.17, 15) is 32.3 Å². The third-order valence-electron chi connectivity index (χ3n) is 6.98. The number of halogens is 3. The summed E-state index contributed by atoms with van der Waals surface area (Å²) in [5, 5.41) is -0.0599. The molecular formula is C26H29F3N4O4S. The van der Waals surface area contributed by atoms with Gasteiger partial charge in [0.15, 0.2) is 0 Å². The van der Waals surface area contributed by atoms with E-state index in [1.165, 1.54) is 38.1 Å².